The normalized spacial score (nSPS) is 25.0. The Labute approximate surface area is 183 Å². The standard InChI is InChI=1S/C24H23F3N2O3/c25-24(26,27)20-11-10-17(22(30)28-20)23(31)29-21-15-6-1-2-7-18(15)32-19-12-14(8-9-16(19)21)13-4-3-5-13/h1-2,6-9,12-13,17,20-21H,3-5,10-11H2,(H,28,30)(H,29,31). The zero-order valence-corrected chi connectivity index (χ0v) is 17.2. The van der Waals surface area contributed by atoms with Crippen LogP contribution in [0.4, 0.5) is 13.2 Å². The smallest absolute Gasteiger partial charge is 0.408 e. The Morgan fingerprint density at radius 3 is 2.44 bits per heavy atom. The zero-order valence-electron chi connectivity index (χ0n) is 17.2. The van der Waals surface area contributed by atoms with Gasteiger partial charge < -0.3 is 15.4 Å². The summed E-state index contributed by atoms with van der Waals surface area (Å²) in [6.07, 6.45) is -1.49. The lowest BCUT2D eigenvalue weighted by Gasteiger charge is -2.33. The molecule has 8 heteroatoms. The lowest BCUT2D eigenvalue weighted by atomic mass is 9.79. The van der Waals surface area contributed by atoms with Crippen molar-refractivity contribution in [2.75, 3.05) is 0 Å². The predicted molar refractivity (Wildman–Crippen MR) is 110 cm³/mol. The highest BCUT2D eigenvalue weighted by atomic mass is 19.4. The molecule has 2 fully saturated rings. The molecule has 5 rings (SSSR count). The Kier molecular flexibility index (Phi) is 5.10. The number of hydrogen-bond donors (Lipinski definition) is 2. The first kappa shape index (κ1) is 20.8. The van der Waals surface area contributed by atoms with Crippen molar-refractivity contribution in [1.82, 2.24) is 10.6 Å². The van der Waals surface area contributed by atoms with Crippen LogP contribution in [0.3, 0.4) is 0 Å². The fraction of sp³-hybridized carbons (Fsp3) is 0.417. The van der Waals surface area contributed by atoms with Crippen molar-refractivity contribution >= 4 is 11.8 Å². The Balaban J connectivity index is 1.40. The van der Waals surface area contributed by atoms with Crippen molar-refractivity contribution in [2.45, 2.75) is 56.3 Å². The number of rotatable bonds is 3. The minimum Gasteiger partial charge on any atom is -0.457 e. The molecule has 2 aromatic carbocycles. The highest BCUT2D eigenvalue weighted by molar-refractivity contribution is 6.01. The maximum atomic E-state index is 13.0. The molecule has 2 heterocycles. The van der Waals surface area contributed by atoms with Crippen molar-refractivity contribution in [2.24, 2.45) is 5.92 Å². The molecule has 2 aromatic rings. The van der Waals surface area contributed by atoms with E-state index in [1.54, 1.807) is 0 Å². The van der Waals surface area contributed by atoms with Crippen LogP contribution in [-0.4, -0.2) is 24.0 Å². The van der Waals surface area contributed by atoms with Crippen molar-refractivity contribution in [3.63, 3.8) is 0 Å². The number of carbonyl (C=O) groups is 2. The number of carbonyl (C=O) groups excluding carboxylic acids is 2. The van der Waals surface area contributed by atoms with Gasteiger partial charge in [0.2, 0.25) is 11.8 Å². The number of hydrogen-bond acceptors (Lipinski definition) is 3. The van der Waals surface area contributed by atoms with Gasteiger partial charge in [-0.3, -0.25) is 9.59 Å². The van der Waals surface area contributed by atoms with Crippen molar-refractivity contribution in [3.05, 3.63) is 59.2 Å². The first-order valence-corrected chi connectivity index (χ1v) is 10.9. The summed E-state index contributed by atoms with van der Waals surface area (Å²) in [6.45, 7) is 0. The van der Waals surface area contributed by atoms with Gasteiger partial charge in [0.25, 0.3) is 0 Å². The van der Waals surface area contributed by atoms with Gasteiger partial charge in [0, 0.05) is 11.1 Å². The molecule has 0 aromatic heterocycles. The second-order valence-electron chi connectivity index (χ2n) is 8.74. The van der Waals surface area contributed by atoms with Gasteiger partial charge in [-0.25, -0.2) is 0 Å². The maximum Gasteiger partial charge on any atom is 0.408 e. The van der Waals surface area contributed by atoms with Gasteiger partial charge >= 0.3 is 6.18 Å². The average Bonchev–Trinajstić information content (AvgIpc) is 2.71. The second kappa shape index (κ2) is 7.83. The summed E-state index contributed by atoms with van der Waals surface area (Å²) < 4.78 is 44.9. The molecule has 0 radical (unpaired) electrons. The van der Waals surface area contributed by atoms with Gasteiger partial charge in [-0.2, -0.15) is 13.2 Å². The number of para-hydroxylation sites is 1. The van der Waals surface area contributed by atoms with Gasteiger partial charge in [0.15, 0.2) is 0 Å². The van der Waals surface area contributed by atoms with E-state index in [2.05, 4.69) is 5.32 Å². The van der Waals surface area contributed by atoms with E-state index in [-0.39, 0.29) is 12.8 Å². The Bertz CT molecular complexity index is 1060. The van der Waals surface area contributed by atoms with E-state index in [9.17, 15) is 22.8 Å². The number of halogens is 3. The van der Waals surface area contributed by atoms with Crippen LogP contribution in [0.1, 0.15) is 60.8 Å². The van der Waals surface area contributed by atoms with Gasteiger partial charge in [0.1, 0.15) is 23.5 Å². The molecule has 3 atom stereocenters. The Morgan fingerprint density at radius 1 is 1.00 bits per heavy atom. The third-order valence-electron chi connectivity index (χ3n) is 6.75. The molecule has 2 N–H and O–H groups in total. The minimum atomic E-state index is -4.52. The molecular weight excluding hydrogens is 421 g/mol. The Morgan fingerprint density at radius 2 is 1.75 bits per heavy atom. The van der Waals surface area contributed by atoms with Crippen LogP contribution in [-0.2, 0) is 9.59 Å². The number of benzene rings is 2. The summed E-state index contributed by atoms with van der Waals surface area (Å²) >= 11 is 0. The molecule has 168 valence electrons. The van der Waals surface area contributed by atoms with Gasteiger partial charge in [-0.05, 0) is 49.3 Å². The van der Waals surface area contributed by atoms with Crippen LogP contribution < -0.4 is 15.4 Å². The van der Waals surface area contributed by atoms with E-state index in [0.717, 1.165) is 24.0 Å². The van der Waals surface area contributed by atoms with Crippen LogP contribution in [0.2, 0.25) is 0 Å². The van der Waals surface area contributed by atoms with E-state index in [0.29, 0.717) is 17.4 Å². The Hall–Kier alpha value is -3.03. The monoisotopic (exact) mass is 444 g/mol. The van der Waals surface area contributed by atoms with Gasteiger partial charge in [-0.15, -0.1) is 0 Å². The number of nitrogens with one attached hydrogen (secondary N) is 2. The molecule has 32 heavy (non-hydrogen) atoms. The molecule has 3 aliphatic rings. The van der Waals surface area contributed by atoms with E-state index in [1.807, 2.05) is 47.8 Å². The molecule has 2 amide bonds. The van der Waals surface area contributed by atoms with Gasteiger partial charge in [-0.1, -0.05) is 36.8 Å². The third-order valence-corrected chi connectivity index (χ3v) is 6.75. The number of amides is 2. The molecular formula is C24H23F3N2O3. The summed E-state index contributed by atoms with van der Waals surface area (Å²) in [7, 11) is 0. The van der Waals surface area contributed by atoms with Crippen molar-refractivity contribution in [1.29, 1.82) is 0 Å². The zero-order chi connectivity index (χ0) is 22.5. The first-order valence-electron chi connectivity index (χ1n) is 10.9. The molecule has 1 saturated heterocycles. The number of alkyl halides is 3. The third kappa shape index (κ3) is 3.72. The van der Waals surface area contributed by atoms with Crippen molar-refractivity contribution < 1.29 is 27.5 Å². The van der Waals surface area contributed by atoms with E-state index in [4.69, 9.17) is 4.74 Å². The number of fused-ring (bicyclic) bond motifs is 2. The van der Waals surface area contributed by atoms with Crippen LogP contribution >= 0.6 is 0 Å². The molecule has 5 nitrogen and oxygen atoms in total. The lowest BCUT2D eigenvalue weighted by Crippen LogP contribution is -2.54. The van der Waals surface area contributed by atoms with E-state index >= 15 is 0 Å². The highest BCUT2D eigenvalue weighted by Crippen LogP contribution is 2.46. The molecule has 2 aliphatic heterocycles. The molecule has 1 saturated carbocycles. The summed E-state index contributed by atoms with van der Waals surface area (Å²) in [4.78, 5) is 25.3. The predicted octanol–water partition coefficient (Wildman–Crippen LogP) is 4.72. The molecule has 0 spiro atoms. The average molecular weight is 444 g/mol. The largest absolute Gasteiger partial charge is 0.457 e. The van der Waals surface area contributed by atoms with Crippen LogP contribution in [0.25, 0.3) is 0 Å². The number of ether oxygens (including phenoxy) is 1. The fourth-order valence-corrected chi connectivity index (χ4v) is 4.67. The maximum absolute atomic E-state index is 13.0. The lowest BCUT2D eigenvalue weighted by molar-refractivity contribution is -0.171. The van der Waals surface area contributed by atoms with Crippen LogP contribution in [0, 0.1) is 5.92 Å². The highest BCUT2D eigenvalue weighted by Gasteiger charge is 2.46. The SMILES string of the molecule is O=C(NC1c2ccccc2Oc2cc(C3CCC3)ccc21)C1CCC(C(F)(F)F)NC1=O. The summed E-state index contributed by atoms with van der Waals surface area (Å²) in [5, 5.41) is 4.85. The fourth-order valence-electron chi connectivity index (χ4n) is 4.67. The molecule has 3 unspecified atom stereocenters. The quantitative estimate of drug-likeness (QED) is 0.673. The summed E-state index contributed by atoms with van der Waals surface area (Å²) in [6, 6.07) is 10.8. The number of piperidine rings is 1. The van der Waals surface area contributed by atoms with E-state index < -0.39 is 36.0 Å². The summed E-state index contributed by atoms with van der Waals surface area (Å²) in [5.74, 6) is -0.858. The summed E-state index contributed by atoms with van der Waals surface area (Å²) in [5.41, 5.74) is 2.71. The molecule has 1 aliphatic carbocycles. The van der Waals surface area contributed by atoms with Gasteiger partial charge in [0.05, 0.1) is 6.04 Å². The first-order chi connectivity index (χ1) is 15.3. The molecule has 0 bridgehead atoms. The van der Waals surface area contributed by atoms with E-state index in [1.165, 1.54) is 12.0 Å². The second-order valence-corrected chi connectivity index (χ2v) is 8.74. The topological polar surface area (TPSA) is 67.4 Å². The van der Waals surface area contributed by atoms with Crippen LogP contribution in [0.5, 0.6) is 11.5 Å². The minimum absolute atomic E-state index is 0.153. The van der Waals surface area contributed by atoms with Crippen molar-refractivity contribution in [3.8, 4) is 11.5 Å². The van der Waals surface area contributed by atoms with Crippen LogP contribution in [0.15, 0.2) is 42.5 Å².